The SMILES string of the molecule is COC(=O)c1c(C)[nH]c(C(=O)OC(C)C(=O)Nc2cccc(OC)c2)c1C. The molecule has 27 heavy (non-hydrogen) atoms. The van der Waals surface area contributed by atoms with Gasteiger partial charge in [0.25, 0.3) is 5.91 Å². The smallest absolute Gasteiger partial charge is 0.355 e. The number of esters is 2. The first-order chi connectivity index (χ1) is 12.8. The summed E-state index contributed by atoms with van der Waals surface area (Å²) in [7, 11) is 2.78. The van der Waals surface area contributed by atoms with Gasteiger partial charge in [0, 0.05) is 17.4 Å². The number of benzene rings is 1. The fraction of sp³-hybridized carbons (Fsp3) is 0.316. The number of carbonyl (C=O) groups excluding carboxylic acids is 3. The highest BCUT2D eigenvalue weighted by Gasteiger charge is 2.26. The quantitative estimate of drug-likeness (QED) is 0.753. The molecule has 0 aliphatic carbocycles. The predicted octanol–water partition coefficient (Wildman–Crippen LogP) is 2.61. The number of hydrogen-bond acceptors (Lipinski definition) is 6. The molecule has 2 aromatic rings. The number of ether oxygens (including phenoxy) is 3. The monoisotopic (exact) mass is 374 g/mol. The zero-order valence-electron chi connectivity index (χ0n) is 15.8. The molecule has 8 heteroatoms. The van der Waals surface area contributed by atoms with E-state index >= 15 is 0 Å². The van der Waals surface area contributed by atoms with Gasteiger partial charge in [-0.1, -0.05) is 6.07 Å². The number of nitrogens with one attached hydrogen (secondary N) is 2. The Hall–Kier alpha value is -3.29. The highest BCUT2D eigenvalue weighted by Crippen LogP contribution is 2.21. The van der Waals surface area contributed by atoms with Crippen LogP contribution < -0.4 is 10.1 Å². The first-order valence-electron chi connectivity index (χ1n) is 8.21. The van der Waals surface area contributed by atoms with Gasteiger partial charge in [-0.25, -0.2) is 9.59 Å². The van der Waals surface area contributed by atoms with Crippen molar-refractivity contribution >= 4 is 23.5 Å². The van der Waals surface area contributed by atoms with Crippen LogP contribution >= 0.6 is 0 Å². The van der Waals surface area contributed by atoms with Crippen molar-refractivity contribution < 1.29 is 28.6 Å². The summed E-state index contributed by atoms with van der Waals surface area (Å²) >= 11 is 0. The minimum atomic E-state index is -1.05. The molecule has 0 fully saturated rings. The molecule has 0 aliphatic rings. The van der Waals surface area contributed by atoms with Crippen LogP contribution in [0.25, 0.3) is 0 Å². The summed E-state index contributed by atoms with van der Waals surface area (Å²) < 4.78 is 15.0. The standard InChI is InChI=1S/C19H22N2O6/c1-10-15(18(23)26-5)11(2)20-16(10)19(24)27-12(3)17(22)21-13-7-6-8-14(9-13)25-4/h6-9,12,20H,1-5H3,(H,21,22). The molecule has 1 heterocycles. The molecule has 0 aliphatic heterocycles. The van der Waals surface area contributed by atoms with Crippen LogP contribution in [0.2, 0.25) is 0 Å². The molecule has 1 aromatic carbocycles. The van der Waals surface area contributed by atoms with E-state index in [0.717, 1.165) is 0 Å². The predicted molar refractivity (Wildman–Crippen MR) is 98.1 cm³/mol. The molecule has 1 unspecified atom stereocenters. The highest BCUT2D eigenvalue weighted by atomic mass is 16.5. The lowest BCUT2D eigenvalue weighted by molar-refractivity contribution is -0.123. The highest BCUT2D eigenvalue weighted by molar-refractivity contribution is 6.00. The molecule has 8 nitrogen and oxygen atoms in total. The van der Waals surface area contributed by atoms with E-state index in [0.29, 0.717) is 22.7 Å². The van der Waals surface area contributed by atoms with Gasteiger partial charge in [0.1, 0.15) is 11.4 Å². The maximum Gasteiger partial charge on any atom is 0.355 e. The Bertz CT molecular complexity index is 871. The van der Waals surface area contributed by atoms with Crippen LogP contribution in [0.5, 0.6) is 5.75 Å². The van der Waals surface area contributed by atoms with E-state index < -0.39 is 23.9 Å². The molecule has 144 valence electrons. The van der Waals surface area contributed by atoms with Crippen LogP contribution in [0, 0.1) is 13.8 Å². The fourth-order valence-electron chi connectivity index (χ4n) is 2.58. The third kappa shape index (κ3) is 4.46. The van der Waals surface area contributed by atoms with Crippen molar-refractivity contribution in [3.8, 4) is 5.75 Å². The average molecular weight is 374 g/mol. The van der Waals surface area contributed by atoms with E-state index in [-0.39, 0.29) is 11.3 Å². The number of aromatic amines is 1. The Morgan fingerprint density at radius 3 is 2.44 bits per heavy atom. The van der Waals surface area contributed by atoms with E-state index in [9.17, 15) is 14.4 Å². The minimum absolute atomic E-state index is 0.105. The topological polar surface area (TPSA) is 107 Å². The largest absolute Gasteiger partial charge is 0.497 e. The number of H-pyrrole nitrogens is 1. The summed E-state index contributed by atoms with van der Waals surface area (Å²) in [4.78, 5) is 39.3. The molecular weight excluding hydrogens is 352 g/mol. The number of aryl methyl sites for hydroxylation is 1. The zero-order valence-corrected chi connectivity index (χ0v) is 15.8. The number of rotatable bonds is 6. The van der Waals surface area contributed by atoms with Crippen LogP contribution in [0.3, 0.4) is 0 Å². The van der Waals surface area contributed by atoms with Crippen molar-refractivity contribution in [3.05, 3.63) is 46.8 Å². The minimum Gasteiger partial charge on any atom is -0.497 e. The van der Waals surface area contributed by atoms with Crippen LogP contribution in [0.4, 0.5) is 5.69 Å². The molecule has 1 amide bonds. The van der Waals surface area contributed by atoms with E-state index in [1.165, 1.54) is 21.1 Å². The lowest BCUT2D eigenvalue weighted by Crippen LogP contribution is -2.30. The molecule has 0 bridgehead atoms. The Balaban J connectivity index is 2.08. The van der Waals surface area contributed by atoms with Crippen molar-refractivity contribution in [1.82, 2.24) is 4.98 Å². The van der Waals surface area contributed by atoms with Crippen molar-refractivity contribution in [3.63, 3.8) is 0 Å². The Morgan fingerprint density at radius 2 is 1.81 bits per heavy atom. The van der Waals surface area contributed by atoms with E-state index in [1.807, 2.05) is 0 Å². The molecule has 1 atom stereocenters. The molecular formula is C19H22N2O6. The van der Waals surface area contributed by atoms with Gasteiger partial charge in [0.15, 0.2) is 6.10 Å². The number of aromatic nitrogens is 1. The zero-order chi connectivity index (χ0) is 20.1. The number of anilines is 1. The van der Waals surface area contributed by atoms with Gasteiger partial charge in [-0.05, 0) is 38.5 Å². The Kier molecular flexibility index (Phi) is 6.23. The first kappa shape index (κ1) is 20.0. The van der Waals surface area contributed by atoms with Gasteiger partial charge >= 0.3 is 11.9 Å². The lowest BCUT2D eigenvalue weighted by Gasteiger charge is -2.14. The molecule has 0 radical (unpaired) electrons. The third-order valence-electron chi connectivity index (χ3n) is 4.02. The summed E-state index contributed by atoms with van der Waals surface area (Å²) in [6, 6.07) is 6.81. The van der Waals surface area contributed by atoms with Gasteiger partial charge in [0.2, 0.25) is 0 Å². The number of amides is 1. The summed E-state index contributed by atoms with van der Waals surface area (Å²) in [6.45, 7) is 4.71. The second-order valence-corrected chi connectivity index (χ2v) is 5.89. The van der Waals surface area contributed by atoms with E-state index in [4.69, 9.17) is 14.2 Å². The molecule has 0 saturated carbocycles. The molecule has 0 spiro atoms. The van der Waals surface area contributed by atoms with Gasteiger partial charge in [0.05, 0.1) is 19.8 Å². The van der Waals surface area contributed by atoms with Crippen molar-refractivity contribution in [2.45, 2.75) is 26.9 Å². The van der Waals surface area contributed by atoms with Gasteiger partial charge < -0.3 is 24.5 Å². The van der Waals surface area contributed by atoms with Crippen molar-refractivity contribution in [2.24, 2.45) is 0 Å². The van der Waals surface area contributed by atoms with Crippen LogP contribution in [0.15, 0.2) is 24.3 Å². The van der Waals surface area contributed by atoms with Crippen molar-refractivity contribution in [1.29, 1.82) is 0 Å². The second-order valence-electron chi connectivity index (χ2n) is 5.89. The number of hydrogen-bond donors (Lipinski definition) is 2. The van der Waals surface area contributed by atoms with Crippen LogP contribution in [-0.4, -0.2) is 43.2 Å². The van der Waals surface area contributed by atoms with Crippen molar-refractivity contribution in [2.75, 3.05) is 19.5 Å². The van der Waals surface area contributed by atoms with Gasteiger partial charge in [-0.2, -0.15) is 0 Å². The fourth-order valence-corrected chi connectivity index (χ4v) is 2.58. The summed E-state index contributed by atoms with van der Waals surface area (Å²) in [5, 5.41) is 2.65. The molecule has 1 aromatic heterocycles. The first-order valence-corrected chi connectivity index (χ1v) is 8.21. The lowest BCUT2D eigenvalue weighted by atomic mass is 10.1. The van der Waals surface area contributed by atoms with Gasteiger partial charge in [-0.15, -0.1) is 0 Å². The van der Waals surface area contributed by atoms with E-state index in [2.05, 4.69) is 10.3 Å². The molecule has 2 rings (SSSR count). The number of carbonyl (C=O) groups is 3. The molecule has 2 N–H and O–H groups in total. The van der Waals surface area contributed by atoms with Crippen LogP contribution in [-0.2, 0) is 14.3 Å². The third-order valence-corrected chi connectivity index (χ3v) is 4.02. The Morgan fingerprint density at radius 1 is 1.11 bits per heavy atom. The van der Waals surface area contributed by atoms with E-state index in [1.54, 1.807) is 38.1 Å². The summed E-state index contributed by atoms with van der Waals surface area (Å²) in [5.41, 5.74) is 1.79. The maximum atomic E-state index is 12.4. The van der Waals surface area contributed by atoms with Crippen LogP contribution in [0.1, 0.15) is 39.0 Å². The second kappa shape index (κ2) is 8.39. The summed E-state index contributed by atoms with van der Waals surface area (Å²) in [6.07, 6.45) is -1.05. The average Bonchev–Trinajstić information content (AvgIpc) is 2.95. The molecule has 0 saturated heterocycles. The van der Waals surface area contributed by atoms with Gasteiger partial charge in [-0.3, -0.25) is 4.79 Å². The normalized spacial score (nSPS) is 11.4. The summed E-state index contributed by atoms with van der Waals surface area (Å²) in [5.74, 6) is -1.20. The number of methoxy groups -OCH3 is 2. The Labute approximate surface area is 156 Å². The maximum absolute atomic E-state index is 12.4.